The lowest BCUT2D eigenvalue weighted by atomic mass is 10.2. The number of hydrogen-bond acceptors (Lipinski definition) is 4. The van der Waals surface area contributed by atoms with E-state index in [1.807, 2.05) is 18.2 Å². The highest BCUT2D eigenvalue weighted by atomic mass is 79.9. The molecule has 0 spiro atoms. The molecule has 0 bridgehead atoms. The van der Waals surface area contributed by atoms with Crippen LogP contribution in [0.4, 0.5) is 5.69 Å². The molecule has 0 aliphatic heterocycles. The van der Waals surface area contributed by atoms with E-state index in [9.17, 15) is 13.2 Å². The second-order valence-corrected chi connectivity index (χ2v) is 9.78. The monoisotopic (exact) mass is 522 g/mol. The molecule has 0 saturated heterocycles. The second-order valence-electron chi connectivity index (χ2n) is 6.49. The minimum absolute atomic E-state index is 0.112. The molecule has 31 heavy (non-hydrogen) atoms. The van der Waals surface area contributed by atoms with Crippen LogP contribution in [-0.2, 0) is 14.8 Å². The number of rotatable bonds is 8. The maximum atomic E-state index is 12.9. The number of nitrogens with zero attached hydrogens (tertiary/aromatic N) is 1. The summed E-state index contributed by atoms with van der Waals surface area (Å²) in [5.41, 5.74) is 0.346. The van der Waals surface area contributed by atoms with Crippen molar-refractivity contribution in [3.05, 3.63) is 82.3 Å². The summed E-state index contributed by atoms with van der Waals surface area (Å²) >= 11 is 9.37. The van der Waals surface area contributed by atoms with Crippen molar-refractivity contribution in [2.24, 2.45) is 0 Å². The van der Waals surface area contributed by atoms with Gasteiger partial charge in [-0.3, -0.25) is 4.79 Å². The molecule has 0 fully saturated rings. The summed E-state index contributed by atoms with van der Waals surface area (Å²) in [6.45, 7) is 1.45. The summed E-state index contributed by atoms with van der Waals surface area (Å²) in [6.07, 6.45) is 0. The molecular formula is C22H20BrClN2O4S. The number of para-hydroxylation sites is 1. The zero-order valence-corrected chi connectivity index (χ0v) is 19.7. The smallest absolute Gasteiger partial charge is 0.243 e. The number of sulfonamides is 1. The summed E-state index contributed by atoms with van der Waals surface area (Å²) in [5.74, 6) is 0.471. The lowest BCUT2D eigenvalue weighted by Crippen LogP contribution is -2.37. The number of halogens is 2. The van der Waals surface area contributed by atoms with Crippen LogP contribution in [0.3, 0.4) is 0 Å². The highest BCUT2D eigenvalue weighted by Crippen LogP contribution is 2.32. The van der Waals surface area contributed by atoms with Crippen LogP contribution in [-0.4, -0.2) is 31.7 Å². The Morgan fingerprint density at radius 2 is 1.74 bits per heavy atom. The number of benzene rings is 3. The first kappa shape index (κ1) is 23.3. The Balaban J connectivity index is 1.77. The number of carbonyl (C=O) groups excluding carboxylic acids is 1. The van der Waals surface area contributed by atoms with Crippen LogP contribution in [0, 0.1) is 0 Å². The van der Waals surface area contributed by atoms with E-state index in [2.05, 4.69) is 21.2 Å². The van der Waals surface area contributed by atoms with Gasteiger partial charge in [-0.1, -0.05) is 52.7 Å². The highest BCUT2D eigenvalue weighted by molar-refractivity contribution is 9.10. The van der Waals surface area contributed by atoms with Crippen LogP contribution in [0.5, 0.6) is 11.5 Å². The third kappa shape index (κ3) is 6.07. The molecular weight excluding hydrogens is 504 g/mol. The average Bonchev–Trinajstić information content (AvgIpc) is 2.75. The van der Waals surface area contributed by atoms with Gasteiger partial charge >= 0.3 is 0 Å². The molecule has 0 aliphatic carbocycles. The molecule has 3 rings (SSSR count). The largest absolute Gasteiger partial charge is 0.455 e. The zero-order valence-electron chi connectivity index (χ0n) is 16.6. The molecule has 1 amide bonds. The lowest BCUT2D eigenvalue weighted by molar-refractivity contribution is -0.116. The van der Waals surface area contributed by atoms with Crippen molar-refractivity contribution >= 4 is 49.1 Å². The van der Waals surface area contributed by atoms with E-state index < -0.39 is 15.9 Å². The minimum atomic E-state index is -3.83. The van der Waals surface area contributed by atoms with Gasteiger partial charge in [0.15, 0.2) is 5.75 Å². The van der Waals surface area contributed by atoms with E-state index >= 15 is 0 Å². The van der Waals surface area contributed by atoms with Gasteiger partial charge < -0.3 is 10.1 Å². The summed E-state index contributed by atoms with van der Waals surface area (Å²) < 4.78 is 33.5. The Bertz CT molecular complexity index is 1160. The number of anilines is 1. The van der Waals surface area contributed by atoms with Gasteiger partial charge in [-0.2, -0.15) is 4.31 Å². The van der Waals surface area contributed by atoms with Crippen molar-refractivity contribution in [1.29, 1.82) is 0 Å². The van der Waals surface area contributed by atoms with Crippen LogP contribution < -0.4 is 10.1 Å². The summed E-state index contributed by atoms with van der Waals surface area (Å²) in [4.78, 5) is 12.8. The van der Waals surface area contributed by atoms with Crippen molar-refractivity contribution in [3.63, 3.8) is 0 Å². The van der Waals surface area contributed by atoms with Crippen molar-refractivity contribution in [2.45, 2.75) is 11.8 Å². The van der Waals surface area contributed by atoms with Gasteiger partial charge in [0.2, 0.25) is 15.9 Å². The third-order valence-electron chi connectivity index (χ3n) is 4.31. The third-order valence-corrected chi connectivity index (χ3v) is 7.01. The number of hydrogen-bond donors (Lipinski definition) is 1. The molecule has 0 saturated carbocycles. The number of likely N-dealkylation sites (N-methyl/N-ethyl adjacent to an activating group) is 1. The Morgan fingerprint density at radius 3 is 2.39 bits per heavy atom. The van der Waals surface area contributed by atoms with Crippen molar-refractivity contribution in [1.82, 2.24) is 4.31 Å². The topological polar surface area (TPSA) is 75.7 Å². The fraction of sp³-hybridized carbons (Fsp3) is 0.136. The fourth-order valence-corrected chi connectivity index (χ4v) is 4.62. The van der Waals surface area contributed by atoms with Crippen LogP contribution in [0.15, 0.2) is 82.2 Å². The van der Waals surface area contributed by atoms with E-state index in [-0.39, 0.29) is 18.0 Å². The molecule has 162 valence electrons. The summed E-state index contributed by atoms with van der Waals surface area (Å²) in [7, 11) is -3.83. The van der Waals surface area contributed by atoms with Crippen LogP contribution >= 0.6 is 27.5 Å². The maximum Gasteiger partial charge on any atom is 0.243 e. The first-order valence-electron chi connectivity index (χ1n) is 9.37. The fourth-order valence-electron chi connectivity index (χ4n) is 2.78. The molecule has 0 aromatic heterocycles. The molecule has 0 unspecified atom stereocenters. The van der Waals surface area contributed by atoms with E-state index in [0.29, 0.717) is 22.2 Å². The van der Waals surface area contributed by atoms with Crippen LogP contribution in [0.2, 0.25) is 5.02 Å². The van der Waals surface area contributed by atoms with Gasteiger partial charge in [0.1, 0.15) is 5.75 Å². The van der Waals surface area contributed by atoms with Gasteiger partial charge in [0, 0.05) is 16.0 Å². The predicted octanol–water partition coefficient (Wildman–Crippen LogP) is 5.54. The maximum absolute atomic E-state index is 12.9. The Morgan fingerprint density at radius 1 is 1.06 bits per heavy atom. The molecule has 3 aromatic rings. The molecule has 0 aliphatic rings. The normalized spacial score (nSPS) is 11.4. The Hall–Kier alpha value is -2.39. The quantitative estimate of drug-likeness (QED) is 0.420. The zero-order chi connectivity index (χ0) is 22.4. The standard InChI is InChI=1S/C22H20BrClN2O4S/c1-2-26(31(28,29)19-11-8-16(23)9-12-19)15-22(27)25-20-14-17(24)10-13-21(20)30-18-6-4-3-5-7-18/h3-14H,2,15H2,1H3,(H,25,27). The summed E-state index contributed by atoms with van der Waals surface area (Å²) in [5, 5.41) is 3.11. The highest BCUT2D eigenvalue weighted by Gasteiger charge is 2.25. The predicted molar refractivity (Wildman–Crippen MR) is 125 cm³/mol. The van der Waals surface area contributed by atoms with Gasteiger partial charge in [-0.25, -0.2) is 8.42 Å². The molecule has 9 heteroatoms. The molecule has 6 nitrogen and oxygen atoms in total. The average molecular weight is 524 g/mol. The molecule has 1 N–H and O–H groups in total. The van der Waals surface area contributed by atoms with Gasteiger partial charge in [0.05, 0.1) is 17.1 Å². The number of nitrogens with one attached hydrogen (secondary N) is 1. The van der Waals surface area contributed by atoms with Crippen molar-refractivity contribution < 1.29 is 17.9 Å². The SMILES string of the molecule is CCN(CC(=O)Nc1cc(Cl)ccc1Oc1ccccc1)S(=O)(=O)c1ccc(Br)cc1. The minimum Gasteiger partial charge on any atom is -0.455 e. The number of ether oxygens (including phenoxy) is 1. The van der Waals surface area contributed by atoms with Crippen molar-refractivity contribution in [2.75, 3.05) is 18.4 Å². The Labute approximate surface area is 195 Å². The molecule has 0 heterocycles. The first-order chi connectivity index (χ1) is 14.8. The number of amides is 1. The second kappa shape index (κ2) is 10.3. The lowest BCUT2D eigenvalue weighted by Gasteiger charge is -2.20. The van der Waals surface area contributed by atoms with Crippen molar-refractivity contribution in [3.8, 4) is 11.5 Å². The molecule has 3 aromatic carbocycles. The van der Waals surface area contributed by atoms with E-state index in [4.69, 9.17) is 16.3 Å². The summed E-state index contributed by atoms with van der Waals surface area (Å²) in [6, 6.07) is 20.2. The van der Waals surface area contributed by atoms with Crippen LogP contribution in [0.25, 0.3) is 0 Å². The van der Waals surface area contributed by atoms with E-state index in [1.165, 1.54) is 12.1 Å². The Kier molecular flexibility index (Phi) is 7.72. The molecule has 0 atom stereocenters. The van der Waals surface area contributed by atoms with Gasteiger partial charge in [-0.15, -0.1) is 0 Å². The molecule has 0 radical (unpaired) electrons. The van der Waals surface area contributed by atoms with E-state index in [0.717, 1.165) is 8.78 Å². The van der Waals surface area contributed by atoms with Gasteiger partial charge in [0.25, 0.3) is 0 Å². The van der Waals surface area contributed by atoms with E-state index in [1.54, 1.807) is 49.4 Å². The van der Waals surface area contributed by atoms with Gasteiger partial charge in [-0.05, 0) is 54.6 Å². The first-order valence-corrected chi connectivity index (χ1v) is 12.0. The van der Waals surface area contributed by atoms with Crippen LogP contribution in [0.1, 0.15) is 6.92 Å². The number of carbonyl (C=O) groups is 1.